The molecule has 108 valence electrons. The number of rotatable bonds is 6. The maximum Gasteiger partial charge on any atom is 0.358 e. The zero-order valence-electron chi connectivity index (χ0n) is 11.4. The van der Waals surface area contributed by atoms with Crippen LogP contribution in [-0.4, -0.2) is 49.1 Å². The van der Waals surface area contributed by atoms with Crippen LogP contribution in [0.15, 0.2) is 18.5 Å². The number of ether oxygens (including phenoxy) is 1. The second-order valence-electron chi connectivity index (χ2n) is 4.38. The third kappa shape index (κ3) is 3.41. The molecule has 0 aromatic carbocycles. The molecule has 1 atom stereocenters. The molecule has 2 rings (SSSR count). The van der Waals surface area contributed by atoms with E-state index in [1.807, 2.05) is 6.92 Å². The summed E-state index contributed by atoms with van der Waals surface area (Å²) >= 11 is 0. The maximum absolute atomic E-state index is 11.3. The van der Waals surface area contributed by atoms with Crippen molar-refractivity contribution in [3.05, 3.63) is 29.8 Å². The van der Waals surface area contributed by atoms with Crippen molar-refractivity contribution in [1.29, 1.82) is 0 Å². The van der Waals surface area contributed by atoms with E-state index in [2.05, 4.69) is 20.1 Å². The number of aliphatic hydroxyl groups is 1. The monoisotopic (exact) mass is 279 g/mol. The van der Waals surface area contributed by atoms with Gasteiger partial charge in [-0.25, -0.2) is 9.48 Å². The van der Waals surface area contributed by atoms with E-state index in [0.717, 1.165) is 0 Å². The lowest BCUT2D eigenvalue weighted by Gasteiger charge is -2.05. The highest BCUT2D eigenvalue weighted by Gasteiger charge is 2.10. The molecule has 8 nitrogen and oxygen atoms in total. The van der Waals surface area contributed by atoms with Crippen molar-refractivity contribution in [2.75, 3.05) is 7.11 Å². The first kappa shape index (κ1) is 14.2. The molecular weight excluding hydrogens is 262 g/mol. The second kappa shape index (κ2) is 6.29. The summed E-state index contributed by atoms with van der Waals surface area (Å²) in [4.78, 5) is 11.3. The van der Waals surface area contributed by atoms with Gasteiger partial charge in [0, 0.05) is 6.20 Å². The normalized spacial score (nSPS) is 12.3. The molecule has 2 aromatic rings. The summed E-state index contributed by atoms with van der Waals surface area (Å²) in [6.07, 6.45) is 3.65. The fourth-order valence-corrected chi connectivity index (χ4v) is 1.67. The molecule has 20 heavy (non-hydrogen) atoms. The first-order valence-electron chi connectivity index (χ1n) is 6.31. The van der Waals surface area contributed by atoms with Crippen LogP contribution < -0.4 is 0 Å². The van der Waals surface area contributed by atoms with Gasteiger partial charge in [-0.15, -0.1) is 5.10 Å². The topological polar surface area (TPSA) is 95.1 Å². The molecule has 1 N–H and O–H groups in total. The molecule has 0 fully saturated rings. The van der Waals surface area contributed by atoms with Crippen molar-refractivity contribution in [2.24, 2.45) is 0 Å². The zero-order chi connectivity index (χ0) is 14.5. The lowest BCUT2D eigenvalue weighted by Crippen LogP contribution is -2.15. The molecule has 0 saturated heterocycles. The standard InChI is InChI=1S/C12H17N5O3/c1-3-10(18)8-17-7-9(13-15-17)6-16-5-4-11(14-16)12(19)20-2/h4-5,7,10,18H,3,6,8H2,1-2H3. The Morgan fingerprint density at radius 3 is 3.00 bits per heavy atom. The zero-order valence-corrected chi connectivity index (χ0v) is 11.4. The SMILES string of the molecule is CCC(O)Cn1cc(Cn2ccc(C(=O)OC)n2)nn1. The Labute approximate surface area is 116 Å². The number of esters is 1. The average Bonchev–Trinajstić information content (AvgIpc) is 3.08. The van der Waals surface area contributed by atoms with Crippen molar-refractivity contribution in [3.8, 4) is 0 Å². The summed E-state index contributed by atoms with van der Waals surface area (Å²) in [7, 11) is 1.31. The van der Waals surface area contributed by atoms with Gasteiger partial charge in [-0.3, -0.25) is 4.68 Å². The van der Waals surface area contributed by atoms with Crippen LogP contribution in [0.4, 0.5) is 0 Å². The van der Waals surface area contributed by atoms with Gasteiger partial charge in [0.2, 0.25) is 0 Å². The molecule has 0 amide bonds. The average molecular weight is 279 g/mol. The van der Waals surface area contributed by atoms with E-state index < -0.39 is 12.1 Å². The van der Waals surface area contributed by atoms with Gasteiger partial charge in [0.05, 0.1) is 32.5 Å². The number of aliphatic hydroxyl groups excluding tert-OH is 1. The predicted octanol–water partition coefficient (Wildman–Crippen LogP) is 0.0804. The number of aromatic nitrogens is 5. The summed E-state index contributed by atoms with van der Waals surface area (Å²) in [5.41, 5.74) is 0.953. The summed E-state index contributed by atoms with van der Waals surface area (Å²) in [5, 5.41) is 21.6. The molecule has 0 radical (unpaired) electrons. The van der Waals surface area contributed by atoms with Crippen LogP contribution >= 0.6 is 0 Å². The highest BCUT2D eigenvalue weighted by atomic mass is 16.5. The third-order valence-corrected chi connectivity index (χ3v) is 2.81. The van der Waals surface area contributed by atoms with E-state index in [-0.39, 0.29) is 5.69 Å². The predicted molar refractivity (Wildman–Crippen MR) is 69.0 cm³/mol. The van der Waals surface area contributed by atoms with Crippen molar-refractivity contribution >= 4 is 5.97 Å². The van der Waals surface area contributed by atoms with Gasteiger partial charge >= 0.3 is 5.97 Å². The molecule has 0 aliphatic heterocycles. The smallest absolute Gasteiger partial charge is 0.358 e. The molecule has 2 heterocycles. The Balaban J connectivity index is 2.00. The van der Waals surface area contributed by atoms with Crippen molar-refractivity contribution in [2.45, 2.75) is 32.5 Å². The maximum atomic E-state index is 11.3. The lowest BCUT2D eigenvalue weighted by atomic mass is 10.3. The van der Waals surface area contributed by atoms with Gasteiger partial charge in [0.1, 0.15) is 5.69 Å². The minimum absolute atomic E-state index is 0.251. The highest BCUT2D eigenvalue weighted by molar-refractivity contribution is 5.86. The third-order valence-electron chi connectivity index (χ3n) is 2.81. The highest BCUT2D eigenvalue weighted by Crippen LogP contribution is 2.03. The second-order valence-corrected chi connectivity index (χ2v) is 4.38. The van der Waals surface area contributed by atoms with Gasteiger partial charge in [0.25, 0.3) is 0 Å². The number of nitrogens with zero attached hydrogens (tertiary/aromatic N) is 5. The number of carbonyl (C=O) groups excluding carboxylic acids is 1. The summed E-state index contributed by atoms with van der Waals surface area (Å²) < 4.78 is 7.76. The van der Waals surface area contributed by atoms with E-state index >= 15 is 0 Å². The Morgan fingerprint density at radius 1 is 1.50 bits per heavy atom. The van der Waals surface area contributed by atoms with Crippen LogP contribution in [0.1, 0.15) is 29.5 Å². The number of carbonyl (C=O) groups is 1. The van der Waals surface area contributed by atoms with Crippen LogP contribution in [0.5, 0.6) is 0 Å². The Hall–Kier alpha value is -2.22. The van der Waals surface area contributed by atoms with Gasteiger partial charge < -0.3 is 9.84 Å². The summed E-state index contributed by atoms with van der Waals surface area (Å²) in [6, 6.07) is 1.58. The fraction of sp³-hybridized carbons (Fsp3) is 0.500. The Kier molecular flexibility index (Phi) is 4.46. The van der Waals surface area contributed by atoms with Crippen LogP contribution in [0.25, 0.3) is 0 Å². The Morgan fingerprint density at radius 2 is 2.30 bits per heavy atom. The van der Waals surface area contributed by atoms with Crippen LogP contribution in [0.2, 0.25) is 0 Å². The van der Waals surface area contributed by atoms with Crippen LogP contribution in [-0.2, 0) is 17.8 Å². The minimum atomic E-state index is -0.474. The Bertz CT molecular complexity index is 577. The van der Waals surface area contributed by atoms with E-state index in [9.17, 15) is 9.90 Å². The quantitative estimate of drug-likeness (QED) is 0.752. The molecule has 0 aliphatic rings. The molecule has 0 aliphatic carbocycles. The van der Waals surface area contributed by atoms with Gasteiger partial charge in [0.15, 0.2) is 5.69 Å². The first-order chi connectivity index (χ1) is 9.62. The molecular formula is C12H17N5O3. The molecule has 0 saturated carbocycles. The molecule has 2 aromatic heterocycles. The van der Waals surface area contributed by atoms with Gasteiger partial charge in [-0.05, 0) is 12.5 Å². The van der Waals surface area contributed by atoms with E-state index in [4.69, 9.17) is 0 Å². The van der Waals surface area contributed by atoms with Crippen molar-refractivity contribution in [1.82, 2.24) is 24.8 Å². The molecule has 0 bridgehead atoms. The number of hydrogen-bond donors (Lipinski definition) is 1. The molecule has 8 heteroatoms. The summed E-state index contributed by atoms with van der Waals surface area (Å²) in [6.45, 7) is 2.72. The van der Waals surface area contributed by atoms with E-state index in [1.54, 1.807) is 27.8 Å². The molecule has 0 spiro atoms. The number of hydrogen-bond acceptors (Lipinski definition) is 6. The molecule has 1 unspecified atom stereocenters. The van der Waals surface area contributed by atoms with E-state index in [0.29, 0.717) is 25.2 Å². The first-order valence-corrected chi connectivity index (χ1v) is 6.31. The fourth-order valence-electron chi connectivity index (χ4n) is 1.67. The van der Waals surface area contributed by atoms with Gasteiger partial charge in [-0.1, -0.05) is 12.1 Å². The van der Waals surface area contributed by atoms with Gasteiger partial charge in [-0.2, -0.15) is 5.10 Å². The summed E-state index contributed by atoms with van der Waals surface area (Å²) in [5.74, 6) is -0.474. The van der Waals surface area contributed by atoms with E-state index in [1.165, 1.54) is 7.11 Å². The van der Waals surface area contributed by atoms with Crippen molar-refractivity contribution < 1.29 is 14.6 Å². The van der Waals surface area contributed by atoms with Crippen LogP contribution in [0, 0.1) is 0 Å². The lowest BCUT2D eigenvalue weighted by molar-refractivity contribution is 0.0593. The number of methoxy groups -OCH3 is 1. The minimum Gasteiger partial charge on any atom is -0.464 e. The largest absolute Gasteiger partial charge is 0.464 e. The van der Waals surface area contributed by atoms with Crippen molar-refractivity contribution in [3.63, 3.8) is 0 Å². The van der Waals surface area contributed by atoms with Crippen LogP contribution in [0.3, 0.4) is 0 Å².